The van der Waals surface area contributed by atoms with Crippen LogP contribution in [0.15, 0.2) is 65.7 Å². The molecule has 126 valence electrons. The number of anilines is 1. The minimum atomic E-state index is -0.341. The molecule has 7 heteroatoms. The largest absolute Gasteiger partial charge is 0.321 e. The lowest BCUT2D eigenvalue weighted by molar-refractivity contribution is 0.102. The Bertz CT molecular complexity index is 969. The molecule has 0 spiro atoms. The molecular weight excluding hydrogens is 361 g/mol. The fourth-order valence-corrected chi connectivity index (χ4v) is 2.56. The van der Waals surface area contributed by atoms with Gasteiger partial charge in [0.1, 0.15) is 5.15 Å². The number of halogens is 2. The van der Waals surface area contributed by atoms with Gasteiger partial charge in [0.05, 0.1) is 17.8 Å². The van der Waals surface area contributed by atoms with Crippen molar-refractivity contribution >= 4 is 34.8 Å². The molecule has 0 bridgehead atoms. The lowest BCUT2D eigenvalue weighted by Gasteiger charge is -2.10. The third kappa shape index (κ3) is 4.26. The minimum absolute atomic E-state index is 0.189. The highest BCUT2D eigenvalue weighted by molar-refractivity contribution is 6.31. The summed E-state index contributed by atoms with van der Waals surface area (Å²) in [5.41, 5.74) is 1.49. The Hall–Kier alpha value is -2.63. The van der Waals surface area contributed by atoms with Crippen molar-refractivity contribution in [3.8, 4) is 0 Å². The summed E-state index contributed by atoms with van der Waals surface area (Å²) in [5.74, 6) is -0.341. The number of pyridine rings is 2. The monoisotopic (exact) mass is 373 g/mol. The molecule has 0 radical (unpaired) electrons. The van der Waals surface area contributed by atoms with E-state index in [1.165, 1.54) is 22.9 Å². The zero-order valence-corrected chi connectivity index (χ0v) is 14.5. The van der Waals surface area contributed by atoms with Crippen molar-refractivity contribution in [1.82, 2.24) is 9.55 Å². The highest BCUT2D eigenvalue weighted by atomic mass is 35.5. The third-order valence-corrected chi connectivity index (χ3v) is 4.12. The number of nitrogens with one attached hydrogen (secondary N) is 1. The molecule has 0 unspecified atom stereocenters. The molecule has 5 nitrogen and oxygen atoms in total. The molecule has 0 aliphatic carbocycles. The van der Waals surface area contributed by atoms with Crippen molar-refractivity contribution in [1.29, 1.82) is 0 Å². The number of hydrogen-bond acceptors (Lipinski definition) is 3. The summed E-state index contributed by atoms with van der Waals surface area (Å²) in [6.07, 6.45) is 2.96. The summed E-state index contributed by atoms with van der Waals surface area (Å²) in [6, 6.07) is 13.3. The first-order valence-electron chi connectivity index (χ1n) is 7.40. The van der Waals surface area contributed by atoms with Crippen LogP contribution < -0.4 is 10.9 Å². The van der Waals surface area contributed by atoms with Crippen LogP contribution in [0.5, 0.6) is 0 Å². The van der Waals surface area contributed by atoms with E-state index in [-0.39, 0.29) is 11.5 Å². The van der Waals surface area contributed by atoms with Crippen LogP contribution in [0, 0.1) is 0 Å². The summed E-state index contributed by atoms with van der Waals surface area (Å²) < 4.78 is 1.48. The fourth-order valence-electron chi connectivity index (χ4n) is 2.25. The van der Waals surface area contributed by atoms with Gasteiger partial charge < -0.3 is 9.88 Å². The first-order chi connectivity index (χ1) is 12.0. The van der Waals surface area contributed by atoms with Crippen LogP contribution in [0.3, 0.4) is 0 Å². The second-order valence-corrected chi connectivity index (χ2v) is 6.09. The van der Waals surface area contributed by atoms with Crippen LogP contribution in [-0.4, -0.2) is 15.5 Å². The average Bonchev–Trinajstić information content (AvgIpc) is 2.60. The third-order valence-electron chi connectivity index (χ3n) is 3.53. The molecule has 0 fully saturated rings. The molecule has 3 rings (SSSR count). The number of amides is 1. The van der Waals surface area contributed by atoms with E-state index in [1.807, 2.05) is 18.2 Å². The van der Waals surface area contributed by atoms with Crippen LogP contribution in [0.4, 0.5) is 5.69 Å². The maximum atomic E-state index is 12.2. The number of hydrogen-bond donors (Lipinski definition) is 1. The number of carbonyl (C=O) groups is 1. The Morgan fingerprint density at radius 2 is 1.88 bits per heavy atom. The first kappa shape index (κ1) is 17.2. The Balaban J connectivity index is 1.82. The topological polar surface area (TPSA) is 64.0 Å². The van der Waals surface area contributed by atoms with Gasteiger partial charge in [-0.25, -0.2) is 4.98 Å². The normalized spacial score (nSPS) is 10.5. The standard InChI is InChI=1S/C18H13Cl2N3O2/c19-15-4-2-1-3-13(15)10-23-11-14(6-8-17(23)24)22-18(25)12-5-7-16(20)21-9-12/h1-9,11H,10H2,(H,22,25). The number of carbonyl (C=O) groups excluding carboxylic acids is 1. The van der Waals surface area contributed by atoms with Gasteiger partial charge in [0, 0.05) is 23.5 Å². The van der Waals surface area contributed by atoms with Crippen molar-refractivity contribution in [2.75, 3.05) is 5.32 Å². The predicted octanol–water partition coefficient (Wildman–Crippen LogP) is 3.85. The van der Waals surface area contributed by atoms with Crippen LogP contribution in [-0.2, 0) is 6.54 Å². The van der Waals surface area contributed by atoms with Gasteiger partial charge in [-0.3, -0.25) is 9.59 Å². The number of aromatic nitrogens is 2. The predicted molar refractivity (Wildman–Crippen MR) is 98.5 cm³/mol. The summed E-state index contributed by atoms with van der Waals surface area (Å²) in [4.78, 5) is 28.2. The second-order valence-electron chi connectivity index (χ2n) is 5.30. The van der Waals surface area contributed by atoms with Crippen molar-refractivity contribution in [3.63, 3.8) is 0 Å². The van der Waals surface area contributed by atoms with Crippen LogP contribution >= 0.6 is 23.2 Å². The zero-order valence-electron chi connectivity index (χ0n) is 12.9. The smallest absolute Gasteiger partial charge is 0.257 e. The summed E-state index contributed by atoms with van der Waals surface area (Å²) in [5, 5.41) is 3.62. The number of nitrogens with zero attached hydrogens (tertiary/aromatic N) is 2. The molecule has 0 aliphatic rings. The van der Waals surface area contributed by atoms with Crippen molar-refractivity contribution in [2.45, 2.75) is 6.54 Å². The molecular formula is C18H13Cl2N3O2. The Kier molecular flexibility index (Phi) is 5.16. The maximum Gasteiger partial charge on any atom is 0.257 e. The lowest BCUT2D eigenvalue weighted by atomic mass is 10.2. The molecule has 1 aromatic carbocycles. The quantitative estimate of drug-likeness (QED) is 0.706. The summed E-state index contributed by atoms with van der Waals surface area (Å²) >= 11 is 11.9. The second kappa shape index (κ2) is 7.51. The molecule has 2 aromatic heterocycles. The van der Waals surface area contributed by atoms with Gasteiger partial charge in [-0.15, -0.1) is 0 Å². The molecule has 0 saturated heterocycles. The van der Waals surface area contributed by atoms with E-state index in [2.05, 4.69) is 10.3 Å². The Morgan fingerprint density at radius 3 is 2.60 bits per heavy atom. The van der Waals surface area contributed by atoms with E-state index in [9.17, 15) is 9.59 Å². The van der Waals surface area contributed by atoms with Crippen LogP contribution in [0.25, 0.3) is 0 Å². The van der Waals surface area contributed by atoms with E-state index in [0.29, 0.717) is 28.0 Å². The SMILES string of the molecule is O=C(Nc1ccc(=O)n(Cc2ccccc2Cl)c1)c1ccc(Cl)nc1. The molecule has 25 heavy (non-hydrogen) atoms. The van der Waals surface area contributed by atoms with E-state index >= 15 is 0 Å². The molecule has 0 saturated carbocycles. The maximum absolute atomic E-state index is 12.2. The van der Waals surface area contributed by atoms with Gasteiger partial charge in [0.2, 0.25) is 0 Å². The van der Waals surface area contributed by atoms with Gasteiger partial charge >= 0.3 is 0 Å². The average molecular weight is 374 g/mol. The molecule has 1 N–H and O–H groups in total. The molecule has 0 atom stereocenters. The highest BCUT2D eigenvalue weighted by Gasteiger charge is 2.08. The highest BCUT2D eigenvalue weighted by Crippen LogP contribution is 2.16. The summed E-state index contributed by atoms with van der Waals surface area (Å²) in [7, 11) is 0. The molecule has 3 aromatic rings. The van der Waals surface area contributed by atoms with Crippen LogP contribution in [0.2, 0.25) is 10.2 Å². The number of benzene rings is 1. The van der Waals surface area contributed by atoms with E-state index < -0.39 is 0 Å². The van der Waals surface area contributed by atoms with Crippen molar-refractivity contribution in [3.05, 3.63) is 92.6 Å². The minimum Gasteiger partial charge on any atom is -0.321 e. The molecule has 2 heterocycles. The van der Waals surface area contributed by atoms with Gasteiger partial charge in [-0.1, -0.05) is 41.4 Å². The zero-order chi connectivity index (χ0) is 17.8. The summed E-state index contributed by atoms with van der Waals surface area (Å²) in [6.45, 7) is 0.310. The lowest BCUT2D eigenvalue weighted by Crippen LogP contribution is -2.21. The fraction of sp³-hybridized carbons (Fsp3) is 0.0556. The Labute approximate surface area is 153 Å². The van der Waals surface area contributed by atoms with E-state index in [0.717, 1.165) is 5.56 Å². The van der Waals surface area contributed by atoms with Crippen molar-refractivity contribution in [2.24, 2.45) is 0 Å². The van der Waals surface area contributed by atoms with Gasteiger partial charge in [0.15, 0.2) is 0 Å². The molecule has 1 amide bonds. The van der Waals surface area contributed by atoms with E-state index in [1.54, 1.807) is 24.4 Å². The van der Waals surface area contributed by atoms with Crippen LogP contribution in [0.1, 0.15) is 15.9 Å². The van der Waals surface area contributed by atoms with Gasteiger partial charge in [-0.2, -0.15) is 0 Å². The van der Waals surface area contributed by atoms with Gasteiger partial charge in [-0.05, 0) is 29.8 Å². The van der Waals surface area contributed by atoms with E-state index in [4.69, 9.17) is 23.2 Å². The van der Waals surface area contributed by atoms with Crippen molar-refractivity contribution < 1.29 is 4.79 Å². The first-order valence-corrected chi connectivity index (χ1v) is 8.15. The Morgan fingerprint density at radius 1 is 1.08 bits per heavy atom. The molecule has 0 aliphatic heterocycles. The number of rotatable bonds is 4. The van der Waals surface area contributed by atoms with Gasteiger partial charge in [0.25, 0.3) is 11.5 Å².